The third-order valence-corrected chi connectivity index (χ3v) is 8.37. The number of carbonyl (C=O) groups excluding carboxylic acids is 1. The number of aliphatic hydroxyl groups is 1. The normalized spacial score (nSPS) is 18.4. The standard InChI is InChI=1S/C30H30N2O5S/c1-30(2)28(33)27(32-38(35,36)26-14-8-12-21-11-6-7-13-23(21)26)24-19-22(15-16-25(24)37-30)29(34)31-18-17-20-9-4-3-5-10-20/h3-16,19,27-28,32-33H,17-18H2,1-2H3,(H,31,34)/t27-,28+/m1/s1. The summed E-state index contributed by atoms with van der Waals surface area (Å²) in [6, 6.07) is 26.0. The van der Waals surface area contributed by atoms with Gasteiger partial charge in [0.15, 0.2) is 0 Å². The number of fused-ring (bicyclic) bond motifs is 2. The number of rotatable bonds is 7. The summed E-state index contributed by atoms with van der Waals surface area (Å²) in [5.74, 6) is 0.116. The van der Waals surface area contributed by atoms with Crippen molar-refractivity contribution in [2.75, 3.05) is 6.54 Å². The van der Waals surface area contributed by atoms with Crippen molar-refractivity contribution < 1.29 is 23.1 Å². The summed E-state index contributed by atoms with van der Waals surface area (Å²) in [6.07, 6.45) is -0.530. The number of carbonyl (C=O) groups is 1. The lowest BCUT2D eigenvalue weighted by Crippen LogP contribution is -2.53. The first kappa shape index (κ1) is 25.9. The third-order valence-electron chi connectivity index (χ3n) is 6.87. The zero-order chi connectivity index (χ0) is 26.9. The smallest absolute Gasteiger partial charge is 0.251 e. The summed E-state index contributed by atoms with van der Waals surface area (Å²) in [7, 11) is -4.06. The summed E-state index contributed by atoms with van der Waals surface area (Å²) in [4.78, 5) is 13.1. The van der Waals surface area contributed by atoms with Gasteiger partial charge in [0, 0.05) is 23.1 Å². The van der Waals surface area contributed by atoms with Crippen LogP contribution in [-0.4, -0.2) is 37.7 Å². The van der Waals surface area contributed by atoms with Gasteiger partial charge in [0.05, 0.1) is 10.9 Å². The van der Waals surface area contributed by atoms with Gasteiger partial charge in [-0.3, -0.25) is 4.79 Å². The average Bonchev–Trinajstić information content (AvgIpc) is 2.91. The molecule has 3 N–H and O–H groups in total. The Morgan fingerprint density at radius 1 is 0.947 bits per heavy atom. The van der Waals surface area contributed by atoms with Gasteiger partial charge in [-0.2, -0.15) is 0 Å². The van der Waals surface area contributed by atoms with Crippen molar-refractivity contribution in [3.05, 3.63) is 108 Å². The molecule has 7 nitrogen and oxygen atoms in total. The second kappa shape index (κ2) is 10.2. The highest BCUT2D eigenvalue weighted by atomic mass is 32.2. The molecule has 0 saturated carbocycles. The lowest BCUT2D eigenvalue weighted by atomic mass is 9.86. The number of sulfonamides is 1. The van der Waals surface area contributed by atoms with Crippen molar-refractivity contribution in [1.29, 1.82) is 0 Å². The number of hydrogen-bond donors (Lipinski definition) is 3. The number of benzene rings is 4. The highest BCUT2D eigenvalue weighted by molar-refractivity contribution is 7.89. The van der Waals surface area contributed by atoms with E-state index in [-0.39, 0.29) is 10.8 Å². The zero-order valence-corrected chi connectivity index (χ0v) is 22.0. The molecular weight excluding hydrogens is 500 g/mol. The van der Waals surface area contributed by atoms with Crippen molar-refractivity contribution >= 4 is 26.7 Å². The molecule has 4 aromatic carbocycles. The molecule has 1 heterocycles. The molecule has 0 aliphatic carbocycles. The van der Waals surface area contributed by atoms with Crippen molar-refractivity contribution in [1.82, 2.24) is 10.0 Å². The minimum absolute atomic E-state index is 0.114. The lowest BCUT2D eigenvalue weighted by Gasteiger charge is -2.42. The molecule has 0 unspecified atom stereocenters. The van der Waals surface area contributed by atoms with Gasteiger partial charge in [0.1, 0.15) is 17.5 Å². The molecule has 4 aromatic rings. The van der Waals surface area contributed by atoms with E-state index in [1.807, 2.05) is 48.5 Å². The maximum atomic E-state index is 13.6. The van der Waals surface area contributed by atoms with Crippen molar-refractivity contribution in [3.63, 3.8) is 0 Å². The van der Waals surface area contributed by atoms with Gasteiger partial charge in [-0.15, -0.1) is 0 Å². The topological polar surface area (TPSA) is 105 Å². The molecule has 8 heteroatoms. The van der Waals surface area contributed by atoms with Crippen molar-refractivity contribution in [2.45, 2.75) is 42.9 Å². The Balaban J connectivity index is 1.44. The number of ether oxygens (including phenoxy) is 1. The number of nitrogens with one attached hydrogen (secondary N) is 2. The van der Waals surface area contributed by atoms with Gasteiger partial charge in [-0.05, 0) is 55.5 Å². The van der Waals surface area contributed by atoms with Gasteiger partial charge < -0.3 is 15.2 Å². The van der Waals surface area contributed by atoms with Crippen LogP contribution >= 0.6 is 0 Å². The Morgan fingerprint density at radius 2 is 1.66 bits per heavy atom. The predicted molar refractivity (Wildman–Crippen MR) is 147 cm³/mol. The summed E-state index contributed by atoms with van der Waals surface area (Å²) < 4.78 is 36.0. The predicted octanol–water partition coefficient (Wildman–Crippen LogP) is 4.36. The maximum absolute atomic E-state index is 13.6. The van der Waals surface area contributed by atoms with Crippen LogP contribution in [0.3, 0.4) is 0 Å². The molecule has 5 rings (SSSR count). The summed E-state index contributed by atoms with van der Waals surface area (Å²) >= 11 is 0. The van der Waals surface area contributed by atoms with Crippen LogP contribution in [0.2, 0.25) is 0 Å². The van der Waals surface area contributed by atoms with E-state index in [4.69, 9.17) is 4.74 Å². The first-order valence-corrected chi connectivity index (χ1v) is 14.0. The van der Waals surface area contributed by atoms with Crippen LogP contribution in [0, 0.1) is 0 Å². The fraction of sp³-hybridized carbons (Fsp3) is 0.233. The van der Waals surface area contributed by atoms with Crippen LogP contribution in [-0.2, 0) is 16.4 Å². The monoisotopic (exact) mass is 530 g/mol. The van der Waals surface area contributed by atoms with E-state index >= 15 is 0 Å². The number of aliphatic hydroxyl groups excluding tert-OH is 1. The van der Waals surface area contributed by atoms with Crippen LogP contribution in [0.4, 0.5) is 0 Å². The van der Waals surface area contributed by atoms with E-state index in [0.29, 0.717) is 35.2 Å². The van der Waals surface area contributed by atoms with Gasteiger partial charge in [-0.1, -0.05) is 66.7 Å². The third kappa shape index (κ3) is 5.15. The summed E-state index contributed by atoms with van der Waals surface area (Å²) in [5.41, 5.74) is 0.788. The molecule has 2 atom stereocenters. The van der Waals surface area contributed by atoms with Crippen LogP contribution < -0.4 is 14.8 Å². The fourth-order valence-electron chi connectivity index (χ4n) is 4.80. The van der Waals surface area contributed by atoms with Gasteiger partial charge in [0.25, 0.3) is 5.91 Å². The van der Waals surface area contributed by atoms with Crippen LogP contribution in [0.5, 0.6) is 5.75 Å². The molecule has 0 bridgehead atoms. The average molecular weight is 531 g/mol. The van der Waals surface area contributed by atoms with E-state index in [1.165, 1.54) is 0 Å². The molecule has 1 aliphatic heterocycles. The van der Waals surface area contributed by atoms with Crippen LogP contribution in [0.15, 0.2) is 95.9 Å². The number of amides is 1. The summed E-state index contributed by atoms with van der Waals surface area (Å²) in [6.45, 7) is 3.84. The van der Waals surface area contributed by atoms with Crippen molar-refractivity contribution in [2.24, 2.45) is 0 Å². The zero-order valence-electron chi connectivity index (χ0n) is 21.2. The quantitative estimate of drug-likeness (QED) is 0.329. The minimum Gasteiger partial charge on any atom is -0.485 e. The Kier molecular flexibility index (Phi) is 6.96. The first-order chi connectivity index (χ1) is 18.2. The number of hydrogen-bond acceptors (Lipinski definition) is 5. The van der Waals surface area contributed by atoms with E-state index in [0.717, 1.165) is 10.9 Å². The molecule has 196 valence electrons. The second-order valence-corrected chi connectivity index (χ2v) is 11.7. The molecule has 0 spiro atoms. The van der Waals surface area contributed by atoms with Crippen LogP contribution in [0.25, 0.3) is 10.8 Å². The molecule has 38 heavy (non-hydrogen) atoms. The largest absolute Gasteiger partial charge is 0.485 e. The van der Waals surface area contributed by atoms with Gasteiger partial charge in [-0.25, -0.2) is 13.1 Å². The molecule has 1 aliphatic rings. The Bertz CT molecular complexity index is 1580. The van der Waals surface area contributed by atoms with Crippen molar-refractivity contribution in [3.8, 4) is 5.75 Å². The van der Waals surface area contributed by atoms with Gasteiger partial charge >= 0.3 is 0 Å². The van der Waals surface area contributed by atoms with Gasteiger partial charge in [0.2, 0.25) is 10.0 Å². The van der Waals surface area contributed by atoms with E-state index < -0.39 is 27.8 Å². The van der Waals surface area contributed by atoms with E-state index in [1.54, 1.807) is 56.3 Å². The Labute approximate surface area is 222 Å². The molecule has 0 aromatic heterocycles. The highest BCUT2D eigenvalue weighted by Gasteiger charge is 2.45. The lowest BCUT2D eigenvalue weighted by molar-refractivity contribution is -0.0603. The highest BCUT2D eigenvalue weighted by Crippen LogP contribution is 2.41. The van der Waals surface area contributed by atoms with E-state index in [2.05, 4.69) is 10.0 Å². The minimum atomic E-state index is -4.06. The summed E-state index contributed by atoms with van der Waals surface area (Å²) in [5, 5.41) is 15.5. The molecule has 0 saturated heterocycles. The molecular formula is C30H30N2O5S. The second-order valence-electron chi connectivity index (χ2n) is 9.97. The molecule has 0 radical (unpaired) electrons. The Morgan fingerprint density at radius 3 is 2.45 bits per heavy atom. The van der Waals surface area contributed by atoms with E-state index in [9.17, 15) is 18.3 Å². The first-order valence-electron chi connectivity index (χ1n) is 12.5. The van der Waals surface area contributed by atoms with Crippen LogP contribution in [0.1, 0.15) is 41.4 Å². The molecule has 0 fully saturated rings. The Hall–Kier alpha value is -3.72. The molecule has 1 amide bonds. The maximum Gasteiger partial charge on any atom is 0.251 e. The SMILES string of the molecule is CC1(C)Oc2ccc(C(=O)NCCc3ccccc3)cc2[C@@H](NS(=O)(=O)c2cccc3ccccc23)[C@@H]1O. The fourth-order valence-corrected chi connectivity index (χ4v) is 6.25.